The number of hydrogen-bond donors (Lipinski definition) is 4. The van der Waals surface area contributed by atoms with Gasteiger partial charge in [-0.05, 0) is 32.6 Å². The van der Waals surface area contributed by atoms with E-state index in [0.717, 1.165) is 22.3 Å². The van der Waals surface area contributed by atoms with Gasteiger partial charge in [0, 0.05) is 18.9 Å². The lowest BCUT2D eigenvalue weighted by Gasteiger charge is -2.14. The van der Waals surface area contributed by atoms with Gasteiger partial charge in [-0.15, -0.1) is 0 Å². The normalized spacial score (nSPS) is 13.0. The molecule has 2 amide bonds. The van der Waals surface area contributed by atoms with Crippen molar-refractivity contribution in [2.45, 2.75) is 18.4 Å². The summed E-state index contributed by atoms with van der Waals surface area (Å²) in [7, 11) is 0. The van der Waals surface area contributed by atoms with Gasteiger partial charge in [-0.1, -0.05) is 48.5 Å². The number of nitrogens with zero attached hydrogens (tertiary/aromatic N) is 2. The molecule has 0 radical (unpaired) electrons. The lowest BCUT2D eigenvalue weighted by Crippen LogP contribution is -2.41. The number of carbonyl (C=O) groups is 3. The van der Waals surface area contributed by atoms with E-state index in [1.165, 1.54) is 0 Å². The minimum atomic E-state index is -1.35. The lowest BCUT2D eigenvalue weighted by atomic mass is 9.98. The van der Waals surface area contributed by atoms with Gasteiger partial charge >= 0.3 is 12.1 Å². The number of carboxylic acid groups (broad SMARTS) is 1. The van der Waals surface area contributed by atoms with Gasteiger partial charge < -0.3 is 20.3 Å². The van der Waals surface area contributed by atoms with Crippen LogP contribution in [0.15, 0.2) is 53.2 Å². The van der Waals surface area contributed by atoms with E-state index < -0.39 is 36.3 Å². The van der Waals surface area contributed by atoms with E-state index in [1.807, 2.05) is 48.5 Å². The molecule has 3 aromatic rings. The van der Waals surface area contributed by atoms with Crippen molar-refractivity contribution in [3.8, 4) is 11.1 Å². The SMILES string of the molecule is O=C(Nc1nonc1C(=O)N[C@@H](CCO)C(=O)O)OCC1c2ccccc2-c2ccccc21. The smallest absolute Gasteiger partial charge is 0.412 e. The zero-order valence-electron chi connectivity index (χ0n) is 17.2. The van der Waals surface area contributed by atoms with Crippen molar-refractivity contribution < 1.29 is 34.0 Å². The second-order valence-corrected chi connectivity index (χ2v) is 7.29. The minimum absolute atomic E-state index is 0.0459. The third-order valence-corrected chi connectivity index (χ3v) is 5.29. The Hall–Kier alpha value is -4.25. The van der Waals surface area contributed by atoms with Crippen LogP contribution < -0.4 is 10.6 Å². The first kappa shape index (κ1) is 22.0. The molecule has 4 N–H and O–H groups in total. The maximum absolute atomic E-state index is 12.4. The van der Waals surface area contributed by atoms with Gasteiger partial charge in [-0.2, -0.15) is 0 Å². The Morgan fingerprint density at radius 2 is 1.67 bits per heavy atom. The van der Waals surface area contributed by atoms with E-state index in [0.29, 0.717) is 0 Å². The van der Waals surface area contributed by atoms with Crippen LogP contribution in [-0.2, 0) is 9.53 Å². The van der Waals surface area contributed by atoms with E-state index in [4.69, 9.17) is 14.9 Å². The number of ether oxygens (including phenoxy) is 1. The fraction of sp³-hybridized carbons (Fsp3) is 0.227. The molecule has 0 unspecified atom stereocenters. The summed E-state index contributed by atoms with van der Waals surface area (Å²) >= 11 is 0. The number of aromatic nitrogens is 2. The molecule has 4 rings (SSSR count). The summed E-state index contributed by atoms with van der Waals surface area (Å²) in [5, 5.41) is 29.4. The number of carboxylic acids is 1. The molecular weight excluding hydrogens is 432 g/mol. The first-order valence-electron chi connectivity index (χ1n) is 10.1. The number of anilines is 1. The molecule has 170 valence electrons. The molecule has 0 fully saturated rings. The summed E-state index contributed by atoms with van der Waals surface area (Å²) in [6.07, 6.45) is -1.09. The molecule has 0 spiro atoms. The van der Waals surface area contributed by atoms with Crippen LogP contribution in [0.1, 0.15) is 34.0 Å². The maximum Gasteiger partial charge on any atom is 0.412 e. The van der Waals surface area contributed by atoms with Gasteiger partial charge in [0.1, 0.15) is 12.6 Å². The highest BCUT2D eigenvalue weighted by atomic mass is 16.6. The van der Waals surface area contributed by atoms with Gasteiger partial charge in [-0.25, -0.2) is 14.2 Å². The number of hydrogen-bond acceptors (Lipinski definition) is 8. The predicted molar refractivity (Wildman–Crippen MR) is 114 cm³/mol. The third kappa shape index (κ3) is 4.53. The number of aliphatic hydroxyl groups excluding tert-OH is 1. The van der Waals surface area contributed by atoms with Crippen molar-refractivity contribution in [2.75, 3.05) is 18.5 Å². The molecule has 0 aliphatic heterocycles. The van der Waals surface area contributed by atoms with Crippen molar-refractivity contribution in [1.29, 1.82) is 0 Å². The van der Waals surface area contributed by atoms with Crippen LogP contribution in [-0.4, -0.2) is 57.8 Å². The van der Waals surface area contributed by atoms with Gasteiger partial charge in [0.25, 0.3) is 5.91 Å². The summed E-state index contributed by atoms with van der Waals surface area (Å²) in [5.41, 5.74) is 3.82. The Balaban J connectivity index is 1.41. The van der Waals surface area contributed by atoms with E-state index in [2.05, 4.69) is 25.6 Å². The van der Waals surface area contributed by atoms with Crippen LogP contribution in [0.25, 0.3) is 11.1 Å². The number of amides is 2. The van der Waals surface area contributed by atoms with E-state index in [1.54, 1.807) is 0 Å². The van der Waals surface area contributed by atoms with Gasteiger partial charge in [-0.3, -0.25) is 10.1 Å². The second kappa shape index (κ2) is 9.49. The molecule has 1 atom stereocenters. The largest absolute Gasteiger partial charge is 0.480 e. The fourth-order valence-corrected chi connectivity index (χ4v) is 3.76. The van der Waals surface area contributed by atoms with Gasteiger partial charge in [0.05, 0.1) is 0 Å². The molecule has 11 heteroatoms. The monoisotopic (exact) mass is 452 g/mol. The number of aliphatic carboxylic acids is 1. The van der Waals surface area contributed by atoms with Crippen molar-refractivity contribution in [2.24, 2.45) is 0 Å². The van der Waals surface area contributed by atoms with Crippen LogP contribution in [0.3, 0.4) is 0 Å². The van der Waals surface area contributed by atoms with Crippen LogP contribution >= 0.6 is 0 Å². The molecule has 0 saturated carbocycles. The zero-order valence-corrected chi connectivity index (χ0v) is 17.2. The molecule has 0 saturated heterocycles. The number of nitrogens with one attached hydrogen (secondary N) is 2. The van der Waals surface area contributed by atoms with Crippen LogP contribution in [0.5, 0.6) is 0 Å². The van der Waals surface area contributed by atoms with E-state index in [-0.39, 0.29) is 24.8 Å². The molecule has 2 aromatic carbocycles. The van der Waals surface area contributed by atoms with Crippen LogP contribution in [0, 0.1) is 0 Å². The highest BCUT2D eigenvalue weighted by molar-refractivity contribution is 6.01. The number of rotatable bonds is 8. The summed E-state index contributed by atoms with van der Waals surface area (Å²) in [6.45, 7) is -0.399. The van der Waals surface area contributed by atoms with Gasteiger partial charge in [0.2, 0.25) is 11.5 Å². The topological polar surface area (TPSA) is 164 Å². The first-order chi connectivity index (χ1) is 16.0. The summed E-state index contributed by atoms with van der Waals surface area (Å²) < 4.78 is 9.90. The van der Waals surface area contributed by atoms with Crippen molar-refractivity contribution in [3.63, 3.8) is 0 Å². The average Bonchev–Trinajstić information content (AvgIpc) is 3.40. The fourth-order valence-electron chi connectivity index (χ4n) is 3.76. The van der Waals surface area contributed by atoms with E-state index in [9.17, 15) is 14.4 Å². The Labute approximate surface area is 187 Å². The zero-order chi connectivity index (χ0) is 23.4. The number of carbonyl (C=O) groups excluding carboxylic acids is 2. The standard InChI is InChI=1S/C22H20N4O7/c27-10-9-17(21(29)30)23-20(28)18-19(26-33-25-18)24-22(31)32-11-16-14-7-3-1-5-12(14)13-6-2-4-8-15(13)16/h1-8,16-17,27H,9-11H2,(H,23,28)(H,29,30)(H,24,26,31)/t17-/m0/s1. The molecule has 11 nitrogen and oxygen atoms in total. The highest BCUT2D eigenvalue weighted by Crippen LogP contribution is 2.44. The third-order valence-electron chi connectivity index (χ3n) is 5.29. The first-order valence-corrected chi connectivity index (χ1v) is 10.1. The summed E-state index contributed by atoms with van der Waals surface area (Å²) in [5.74, 6) is -2.75. The quantitative estimate of drug-likeness (QED) is 0.400. The summed E-state index contributed by atoms with van der Waals surface area (Å²) in [6, 6.07) is 14.4. The van der Waals surface area contributed by atoms with Crippen molar-refractivity contribution in [3.05, 3.63) is 65.4 Å². The Morgan fingerprint density at radius 1 is 1.03 bits per heavy atom. The van der Waals surface area contributed by atoms with Crippen LogP contribution in [0.2, 0.25) is 0 Å². The average molecular weight is 452 g/mol. The predicted octanol–water partition coefficient (Wildman–Crippen LogP) is 2.00. The number of fused-ring (bicyclic) bond motifs is 3. The molecule has 1 aromatic heterocycles. The minimum Gasteiger partial charge on any atom is -0.480 e. The maximum atomic E-state index is 12.4. The van der Waals surface area contributed by atoms with E-state index >= 15 is 0 Å². The van der Waals surface area contributed by atoms with Gasteiger partial charge in [0.15, 0.2) is 0 Å². The molecule has 33 heavy (non-hydrogen) atoms. The number of aliphatic hydroxyl groups is 1. The molecular formula is C22H20N4O7. The Kier molecular flexibility index (Phi) is 6.31. The summed E-state index contributed by atoms with van der Waals surface area (Å²) in [4.78, 5) is 35.9. The van der Waals surface area contributed by atoms with Crippen molar-refractivity contribution >= 4 is 23.8 Å². The number of benzene rings is 2. The second-order valence-electron chi connectivity index (χ2n) is 7.29. The molecule has 0 bridgehead atoms. The molecule has 1 aliphatic rings. The lowest BCUT2D eigenvalue weighted by molar-refractivity contribution is -0.139. The Bertz CT molecular complexity index is 1150. The van der Waals surface area contributed by atoms with Crippen molar-refractivity contribution in [1.82, 2.24) is 15.6 Å². The van der Waals surface area contributed by atoms with Crippen LogP contribution in [0.4, 0.5) is 10.6 Å². The molecule has 1 heterocycles. The Morgan fingerprint density at radius 3 is 2.27 bits per heavy atom. The highest BCUT2D eigenvalue weighted by Gasteiger charge is 2.30. The molecule has 1 aliphatic carbocycles.